The quantitative estimate of drug-likeness (QED) is 0.423. The Labute approximate surface area is 188 Å². The summed E-state index contributed by atoms with van der Waals surface area (Å²) >= 11 is 0. The first-order valence-electron chi connectivity index (χ1n) is 11.0. The molecule has 0 aliphatic heterocycles. The minimum atomic E-state index is -0.179. The predicted molar refractivity (Wildman–Crippen MR) is 126 cm³/mol. The van der Waals surface area contributed by atoms with Crippen molar-refractivity contribution in [3.63, 3.8) is 0 Å². The van der Waals surface area contributed by atoms with Crippen LogP contribution in [0.25, 0.3) is 11.0 Å². The molecule has 2 heterocycles. The van der Waals surface area contributed by atoms with Crippen molar-refractivity contribution in [2.24, 2.45) is 0 Å². The number of ether oxygens (including phenoxy) is 1. The number of carbonyl (C=O) groups excluding carboxylic acids is 1. The van der Waals surface area contributed by atoms with Gasteiger partial charge in [-0.3, -0.25) is 9.78 Å². The van der Waals surface area contributed by atoms with Gasteiger partial charge in [-0.15, -0.1) is 0 Å². The van der Waals surface area contributed by atoms with Crippen LogP contribution in [0.3, 0.4) is 0 Å². The Balaban J connectivity index is 1.44. The van der Waals surface area contributed by atoms with Crippen molar-refractivity contribution in [3.05, 3.63) is 90.0 Å². The monoisotopic (exact) mass is 428 g/mol. The molecule has 1 N–H and O–H groups in total. The summed E-state index contributed by atoms with van der Waals surface area (Å²) in [5.74, 6) is 2.07. The normalized spacial score (nSPS) is 11.1. The van der Waals surface area contributed by atoms with Gasteiger partial charge in [0.2, 0.25) is 0 Å². The summed E-state index contributed by atoms with van der Waals surface area (Å²) in [7, 11) is 0. The van der Waals surface area contributed by atoms with E-state index in [4.69, 9.17) is 9.72 Å². The average Bonchev–Trinajstić information content (AvgIpc) is 3.17. The molecule has 6 nitrogen and oxygen atoms in total. The van der Waals surface area contributed by atoms with Crippen molar-refractivity contribution in [1.29, 1.82) is 0 Å². The second kappa shape index (κ2) is 10.1. The lowest BCUT2D eigenvalue weighted by Crippen LogP contribution is -2.27. The molecule has 0 radical (unpaired) electrons. The maximum Gasteiger partial charge on any atom is 0.269 e. The molecule has 6 heteroatoms. The second-order valence-corrected chi connectivity index (χ2v) is 7.93. The lowest BCUT2D eigenvalue weighted by atomic mass is 10.0. The number of para-hydroxylation sites is 3. The first-order chi connectivity index (χ1) is 15.6. The molecule has 1 amide bonds. The number of aromatic nitrogens is 3. The lowest BCUT2D eigenvalue weighted by Gasteiger charge is -2.15. The minimum Gasteiger partial charge on any atom is -0.491 e. The Bertz CT molecular complexity index is 1180. The van der Waals surface area contributed by atoms with Gasteiger partial charge in [0.05, 0.1) is 17.6 Å². The van der Waals surface area contributed by atoms with E-state index >= 15 is 0 Å². The Kier molecular flexibility index (Phi) is 6.80. The van der Waals surface area contributed by atoms with Gasteiger partial charge in [0, 0.05) is 19.2 Å². The molecule has 0 atom stereocenters. The molecule has 0 saturated carbocycles. The third kappa shape index (κ3) is 4.97. The molecular weight excluding hydrogens is 400 g/mol. The van der Waals surface area contributed by atoms with Crippen LogP contribution in [-0.2, 0) is 13.0 Å². The first-order valence-corrected chi connectivity index (χ1v) is 11.0. The molecule has 32 heavy (non-hydrogen) atoms. The van der Waals surface area contributed by atoms with Crippen LogP contribution in [0.5, 0.6) is 5.75 Å². The Morgan fingerprint density at radius 1 is 1.03 bits per heavy atom. The molecule has 0 saturated heterocycles. The summed E-state index contributed by atoms with van der Waals surface area (Å²) in [5.41, 5.74) is 3.64. The fourth-order valence-corrected chi connectivity index (χ4v) is 3.78. The summed E-state index contributed by atoms with van der Waals surface area (Å²) in [4.78, 5) is 21.2. The number of rotatable bonds is 9. The zero-order valence-corrected chi connectivity index (χ0v) is 18.5. The molecule has 164 valence electrons. The van der Waals surface area contributed by atoms with Crippen molar-refractivity contribution in [2.75, 3.05) is 13.2 Å². The molecule has 2 aromatic carbocycles. The van der Waals surface area contributed by atoms with Gasteiger partial charge >= 0.3 is 0 Å². The highest BCUT2D eigenvalue weighted by Gasteiger charge is 2.13. The van der Waals surface area contributed by atoms with Gasteiger partial charge in [0.1, 0.15) is 23.9 Å². The smallest absolute Gasteiger partial charge is 0.269 e. The molecule has 2 aromatic heterocycles. The van der Waals surface area contributed by atoms with Crippen molar-refractivity contribution in [3.8, 4) is 5.75 Å². The third-order valence-corrected chi connectivity index (χ3v) is 5.38. The number of benzene rings is 2. The Hall–Kier alpha value is -3.67. The van der Waals surface area contributed by atoms with E-state index < -0.39 is 0 Å². The molecule has 4 rings (SSSR count). The SMILES string of the molecule is CC(C)c1ccccc1OCCn1c(CCNC(=O)c2ccccn2)nc2ccccc21. The van der Waals surface area contributed by atoms with Crippen LogP contribution in [0.1, 0.15) is 41.6 Å². The highest BCUT2D eigenvalue weighted by molar-refractivity contribution is 5.92. The summed E-state index contributed by atoms with van der Waals surface area (Å²) in [6.45, 7) is 6.04. The summed E-state index contributed by atoms with van der Waals surface area (Å²) in [6, 6.07) is 21.6. The van der Waals surface area contributed by atoms with Gasteiger partial charge in [-0.05, 0) is 41.8 Å². The molecule has 0 aliphatic rings. The first kappa shape index (κ1) is 21.6. The van der Waals surface area contributed by atoms with E-state index in [0.29, 0.717) is 37.7 Å². The predicted octanol–water partition coefficient (Wildman–Crippen LogP) is 4.61. The highest BCUT2D eigenvalue weighted by atomic mass is 16.5. The maximum absolute atomic E-state index is 12.3. The average molecular weight is 429 g/mol. The molecular formula is C26H28N4O2. The fourth-order valence-electron chi connectivity index (χ4n) is 3.78. The molecule has 0 unspecified atom stereocenters. The van der Waals surface area contributed by atoms with Crippen LogP contribution in [0.2, 0.25) is 0 Å². The zero-order chi connectivity index (χ0) is 22.3. The number of nitrogens with zero attached hydrogens (tertiary/aromatic N) is 3. The topological polar surface area (TPSA) is 69.0 Å². The number of pyridine rings is 1. The van der Waals surface area contributed by atoms with Crippen LogP contribution in [0, 0.1) is 0 Å². The van der Waals surface area contributed by atoms with Crippen molar-refractivity contribution in [2.45, 2.75) is 32.7 Å². The number of imidazole rings is 1. The van der Waals surface area contributed by atoms with Gasteiger partial charge in [0.15, 0.2) is 0 Å². The van der Waals surface area contributed by atoms with Gasteiger partial charge in [-0.1, -0.05) is 50.2 Å². The van der Waals surface area contributed by atoms with Crippen molar-refractivity contribution in [1.82, 2.24) is 19.9 Å². The minimum absolute atomic E-state index is 0.179. The van der Waals surface area contributed by atoms with E-state index in [-0.39, 0.29) is 5.91 Å². The summed E-state index contributed by atoms with van der Waals surface area (Å²) in [5, 5.41) is 2.93. The van der Waals surface area contributed by atoms with Crippen LogP contribution < -0.4 is 10.1 Å². The standard InChI is InChI=1S/C26H28N4O2/c1-19(2)20-9-3-6-13-24(20)32-18-17-30-23-12-5-4-10-21(23)29-25(30)14-16-28-26(31)22-11-7-8-15-27-22/h3-13,15,19H,14,16-18H2,1-2H3,(H,28,31). The van der Waals surface area contributed by atoms with Gasteiger partial charge in [0.25, 0.3) is 5.91 Å². The van der Waals surface area contributed by atoms with E-state index in [9.17, 15) is 4.79 Å². The molecule has 4 aromatic rings. The Morgan fingerprint density at radius 3 is 2.62 bits per heavy atom. The van der Waals surface area contributed by atoms with Crippen LogP contribution in [0.15, 0.2) is 72.9 Å². The number of nitrogens with one attached hydrogen (secondary N) is 1. The van der Waals surface area contributed by atoms with E-state index in [1.54, 1.807) is 24.4 Å². The van der Waals surface area contributed by atoms with Gasteiger partial charge in [-0.25, -0.2) is 4.98 Å². The van der Waals surface area contributed by atoms with Crippen molar-refractivity contribution >= 4 is 16.9 Å². The Morgan fingerprint density at radius 2 is 1.81 bits per heavy atom. The number of carbonyl (C=O) groups is 1. The second-order valence-electron chi connectivity index (χ2n) is 7.93. The van der Waals surface area contributed by atoms with Crippen LogP contribution >= 0.6 is 0 Å². The molecule has 0 aliphatic carbocycles. The molecule has 0 fully saturated rings. The van der Waals surface area contributed by atoms with Gasteiger partial charge in [-0.2, -0.15) is 0 Å². The summed E-state index contributed by atoms with van der Waals surface area (Å²) in [6.07, 6.45) is 2.24. The molecule has 0 bridgehead atoms. The number of amides is 1. The fraction of sp³-hybridized carbons (Fsp3) is 0.269. The van der Waals surface area contributed by atoms with E-state index in [1.165, 1.54) is 5.56 Å². The van der Waals surface area contributed by atoms with Crippen LogP contribution in [0.4, 0.5) is 0 Å². The van der Waals surface area contributed by atoms with Crippen molar-refractivity contribution < 1.29 is 9.53 Å². The lowest BCUT2D eigenvalue weighted by molar-refractivity contribution is 0.0949. The highest BCUT2D eigenvalue weighted by Crippen LogP contribution is 2.26. The number of hydrogen-bond acceptors (Lipinski definition) is 4. The van der Waals surface area contributed by atoms with E-state index in [0.717, 1.165) is 22.6 Å². The number of hydrogen-bond donors (Lipinski definition) is 1. The summed E-state index contributed by atoms with van der Waals surface area (Å²) < 4.78 is 8.33. The van der Waals surface area contributed by atoms with E-state index in [1.807, 2.05) is 36.4 Å². The van der Waals surface area contributed by atoms with E-state index in [2.05, 4.69) is 40.8 Å². The zero-order valence-electron chi connectivity index (χ0n) is 18.5. The third-order valence-electron chi connectivity index (χ3n) is 5.38. The van der Waals surface area contributed by atoms with Gasteiger partial charge < -0.3 is 14.6 Å². The number of fused-ring (bicyclic) bond motifs is 1. The maximum atomic E-state index is 12.3. The molecule has 0 spiro atoms. The van der Waals surface area contributed by atoms with Crippen LogP contribution in [-0.4, -0.2) is 33.6 Å². The largest absolute Gasteiger partial charge is 0.491 e.